The highest BCUT2D eigenvalue weighted by Gasteiger charge is 2.35. The number of carboxylic acids is 1. The standard InChI is InChI=1S/C12H16N2O3S/c1-2-12(4-3-5-12)7-13-9(15)10-14-8(6-18-10)11(16)17/h6H,2-5,7H2,1H3,(H,13,15)(H,16,17). The zero-order valence-corrected chi connectivity index (χ0v) is 11.0. The highest BCUT2D eigenvalue weighted by atomic mass is 32.1. The highest BCUT2D eigenvalue weighted by molar-refractivity contribution is 7.11. The van der Waals surface area contributed by atoms with Gasteiger partial charge in [-0.05, 0) is 24.7 Å². The van der Waals surface area contributed by atoms with E-state index in [0.717, 1.165) is 30.6 Å². The minimum absolute atomic E-state index is 0.0704. The summed E-state index contributed by atoms with van der Waals surface area (Å²) in [7, 11) is 0. The number of carbonyl (C=O) groups excluding carboxylic acids is 1. The van der Waals surface area contributed by atoms with E-state index in [1.165, 1.54) is 11.8 Å². The van der Waals surface area contributed by atoms with E-state index < -0.39 is 5.97 Å². The summed E-state index contributed by atoms with van der Waals surface area (Å²) in [5, 5.41) is 13.2. The van der Waals surface area contributed by atoms with Crippen molar-refractivity contribution in [2.24, 2.45) is 5.41 Å². The molecule has 18 heavy (non-hydrogen) atoms. The third-order valence-electron chi connectivity index (χ3n) is 3.71. The fourth-order valence-electron chi connectivity index (χ4n) is 2.15. The Balaban J connectivity index is 1.93. The van der Waals surface area contributed by atoms with Crippen LogP contribution in [0.4, 0.5) is 0 Å². The number of hydrogen-bond acceptors (Lipinski definition) is 4. The monoisotopic (exact) mass is 268 g/mol. The summed E-state index contributed by atoms with van der Waals surface area (Å²) < 4.78 is 0. The number of aromatic nitrogens is 1. The Morgan fingerprint density at radius 2 is 2.28 bits per heavy atom. The maximum Gasteiger partial charge on any atom is 0.355 e. The molecular weight excluding hydrogens is 252 g/mol. The molecule has 1 amide bonds. The van der Waals surface area contributed by atoms with Gasteiger partial charge in [0, 0.05) is 11.9 Å². The molecule has 1 aromatic heterocycles. The molecule has 5 nitrogen and oxygen atoms in total. The van der Waals surface area contributed by atoms with Gasteiger partial charge < -0.3 is 10.4 Å². The van der Waals surface area contributed by atoms with Crippen molar-refractivity contribution in [3.8, 4) is 0 Å². The zero-order valence-electron chi connectivity index (χ0n) is 10.2. The van der Waals surface area contributed by atoms with Crippen molar-refractivity contribution in [1.29, 1.82) is 0 Å². The van der Waals surface area contributed by atoms with Crippen molar-refractivity contribution in [1.82, 2.24) is 10.3 Å². The topological polar surface area (TPSA) is 79.3 Å². The SMILES string of the molecule is CCC1(CNC(=O)c2nc(C(=O)O)cs2)CCC1. The van der Waals surface area contributed by atoms with E-state index in [1.807, 2.05) is 0 Å². The van der Waals surface area contributed by atoms with Gasteiger partial charge in [0.1, 0.15) is 0 Å². The lowest BCUT2D eigenvalue weighted by atomic mass is 9.67. The Labute approximate surface area is 109 Å². The van der Waals surface area contributed by atoms with E-state index in [-0.39, 0.29) is 22.0 Å². The number of carbonyl (C=O) groups is 2. The van der Waals surface area contributed by atoms with Gasteiger partial charge in [-0.2, -0.15) is 0 Å². The molecule has 0 radical (unpaired) electrons. The van der Waals surface area contributed by atoms with Gasteiger partial charge in [0.05, 0.1) is 0 Å². The van der Waals surface area contributed by atoms with E-state index in [1.54, 1.807) is 0 Å². The van der Waals surface area contributed by atoms with Crippen LogP contribution in [0, 0.1) is 5.41 Å². The molecule has 2 rings (SSSR count). The van der Waals surface area contributed by atoms with Crippen LogP contribution in [0.5, 0.6) is 0 Å². The van der Waals surface area contributed by atoms with E-state index >= 15 is 0 Å². The lowest BCUT2D eigenvalue weighted by Gasteiger charge is -2.41. The fraction of sp³-hybridized carbons (Fsp3) is 0.583. The summed E-state index contributed by atoms with van der Waals surface area (Å²) in [6.45, 7) is 2.79. The fourth-order valence-corrected chi connectivity index (χ4v) is 2.86. The summed E-state index contributed by atoms with van der Waals surface area (Å²) >= 11 is 1.07. The molecule has 0 saturated heterocycles. The molecule has 0 spiro atoms. The first kappa shape index (κ1) is 13.0. The number of hydrogen-bond donors (Lipinski definition) is 2. The second kappa shape index (κ2) is 5.06. The number of thiazole rings is 1. The van der Waals surface area contributed by atoms with Crippen molar-refractivity contribution >= 4 is 23.2 Å². The smallest absolute Gasteiger partial charge is 0.355 e. The predicted octanol–water partition coefficient (Wildman–Crippen LogP) is 2.15. The van der Waals surface area contributed by atoms with Crippen molar-refractivity contribution < 1.29 is 14.7 Å². The molecule has 0 unspecified atom stereocenters. The summed E-state index contributed by atoms with van der Waals surface area (Å²) in [5.41, 5.74) is 0.182. The first-order valence-electron chi connectivity index (χ1n) is 6.03. The van der Waals surface area contributed by atoms with Crippen LogP contribution >= 0.6 is 11.3 Å². The van der Waals surface area contributed by atoms with Crippen LogP contribution in [0.25, 0.3) is 0 Å². The Morgan fingerprint density at radius 3 is 2.72 bits per heavy atom. The van der Waals surface area contributed by atoms with Crippen LogP contribution in [0.1, 0.15) is 52.9 Å². The quantitative estimate of drug-likeness (QED) is 0.857. The number of aromatic carboxylic acids is 1. The maximum absolute atomic E-state index is 11.8. The Morgan fingerprint density at radius 1 is 1.56 bits per heavy atom. The van der Waals surface area contributed by atoms with E-state index in [9.17, 15) is 9.59 Å². The van der Waals surface area contributed by atoms with E-state index in [4.69, 9.17) is 5.11 Å². The summed E-state index contributed by atoms with van der Waals surface area (Å²) in [6, 6.07) is 0. The van der Waals surface area contributed by atoms with Crippen LogP contribution in [-0.2, 0) is 0 Å². The van der Waals surface area contributed by atoms with Gasteiger partial charge in [0.25, 0.3) is 5.91 Å². The van der Waals surface area contributed by atoms with Crippen LogP contribution in [-0.4, -0.2) is 28.5 Å². The first-order chi connectivity index (χ1) is 8.56. The Bertz CT molecular complexity index is 460. The van der Waals surface area contributed by atoms with Gasteiger partial charge in [-0.3, -0.25) is 4.79 Å². The van der Waals surface area contributed by atoms with Gasteiger partial charge in [0.15, 0.2) is 10.7 Å². The molecule has 1 fully saturated rings. The summed E-state index contributed by atoms with van der Waals surface area (Å²) in [6.07, 6.45) is 4.60. The van der Waals surface area contributed by atoms with Crippen LogP contribution in [0.2, 0.25) is 0 Å². The minimum Gasteiger partial charge on any atom is -0.476 e. The zero-order chi connectivity index (χ0) is 13.2. The molecule has 0 bridgehead atoms. The van der Waals surface area contributed by atoms with Crippen molar-refractivity contribution in [3.05, 3.63) is 16.1 Å². The molecule has 0 aromatic carbocycles. The second-order valence-electron chi connectivity index (χ2n) is 4.73. The van der Waals surface area contributed by atoms with Gasteiger partial charge in [-0.1, -0.05) is 13.3 Å². The molecule has 1 heterocycles. The summed E-state index contributed by atoms with van der Waals surface area (Å²) in [4.78, 5) is 26.3. The van der Waals surface area contributed by atoms with Crippen LogP contribution in [0.15, 0.2) is 5.38 Å². The molecule has 6 heteroatoms. The molecule has 1 aliphatic rings. The van der Waals surface area contributed by atoms with Crippen LogP contribution in [0.3, 0.4) is 0 Å². The first-order valence-corrected chi connectivity index (χ1v) is 6.91. The predicted molar refractivity (Wildman–Crippen MR) is 68.0 cm³/mol. The third kappa shape index (κ3) is 2.53. The van der Waals surface area contributed by atoms with Crippen molar-refractivity contribution in [2.45, 2.75) is 32.6 Å². The second-order valence-corrected chi connectivity index (χ2v) is 5.59. The van der Waals surface area contributed by atoms with Gasteiger partial charge in [-0.25, -0.2) is 9.78 Å². The van der Waals surface area contributed by atoms with Crippen molar-refractivity contribution in [2.75, 3.05) is 6.54 Å². The van der Waals surface area contributed by atoms with Crippen LogP contribution < -0.4 is 5.32 Å². The molecule has 1 aromatic rings. The number of amides is 1. The largest absolute Gasteiger partial charge is 0.476 e. The average molecular weight is 268 g/mol. The lowest BCUT2D eigenvalue weighted by Crippen LogP contribution is -2.41. The lowest BCUT2D eigenvalue weighted by molar-refractivity contribution is 0.0691. The van der Waals surface area contributed by atoms with Gasteiger partial charge in [-0.15, -0.1) is 11.3 Å². The van der Waals surface area contributed by atoms with Gasteiger partial charge >= 0.3 is 5.97 Å². The number of nitrogens with zero attached hydrogens (tertiary/aromatic N) is 1. The number of carboxylic acid groups (broad SMARTS) is 1. The molecule has 98 valence electrons. The molecule has 2 N–H and O–H groups in total. The molecule has 1 aliphatic carbocycles. The maximum atomic E-state index is 11.8. The van der Waals surface area contributed by atoms with E-state index in [2.05, 4.69) is 17.2 Å². The number of rotatable bonds is 5. The molecular formula is C12H16N2O3S. The van der Waals surface area contributed by atoms with E-state index in [0.29, 0.717) is 6.54 Å². The Hall–Kier alpha value is -1.43. The normalized spacial score (nSPS) is 16.9. The molecule has 0 atom stereocenters. The Kier molecular flexibility index (Phi) is 3.65. The molecule has 1 saturated carbocycles. The van der Waals surface area contributed by atoms with Gasteiger partial charge in [0.2, 0.25) is 0 Å². The number of nitrogens with one attached hydrogen (secondary N) is 1. The highest BCUT2D eigenvalue weighted by Crippen LogP contribution is 2.43. The average Bonchev–Trinajstić information content (AvgIpc) is 2.77. The summed E-state index contributed by atoms with van der Waals surface area (Å²) in [5.74, 6) is -1.37. The minimum atomic E-state index is -1.10. The molecule has 0 aliphatic heterocycles. The van der Waals surface area contributed by atoms with Crippen molar-refractivity contribution in [3.63, 3.8) is 0 Å². The third-order valence-corrected chi connectivity index (χ3v) is 4.55.